The monoisotopic (exact) mass is 665 g/mol. The first-order valence-corrected chi connectivity index (χ1v) is 17.2. The van der Waals surface area contributed by atoms with Crippen LogP contribution in [0.5, 0.6) is 0 Å². The van der Waals surface area contributed by atoms with E-state index in [9.17, 15) is 9.59 Å². The molecule has 0 aromatic heterocycles. The van der Waals surface area contributed by atoms with Crippen molar-refractivity contribution >= 4 is 11.9 Å². The average Bonchev–Trinajstić information content (AvgIpc) is 3.75. The Balaban J connectivity index is 1.47. The minimum atomic E-state index is -0.463. The molecular formula is C36H59NO10. The van der Waals surface area contributed by atoms with Gasteiger partial charge in [-0.15, -0.1) is 0 Å². The van der Waals surface area contributed by atoms with Crippen molar-refractivity contribution in [3.8, 4) is 0 Å². The smallest absolute Gasteiger partial charge is 0.303 e. The van der Waals surface area contributed by atoms with Crippen LogP contribution in [0.25, 0.3) is 0 Å². The molecule has 0 unspecified atom stereocenters. The highest BCUT2D eigenvalue weighted by atomic mass is 16.6. The third-order valence-corrected chi connectivity index (χ3v) is 8.62. The van der Waals surface area contributed by atoms with Crippen molar-refractivity contribution < 1.29 is 47.5 Å². The van der Waals surface area contributed by atoms with Crippen molar-refractivity contribution in [2.45, 2.75) is 122 Å². The summed E-state index contributed by atoms with van der Waals surface area (Å²) in [7, 11) is 0. The molecule has 1 amide bonds. The molecule has 0 bridgehead atoms. The molecule has 3 aliphatic rings. The Bertz CT molecular complexity index is 1070. The predicted octanol–water partition coefficient (Wildman–Crippen LogP) is 4.48. The summed E-state index contributed by atoms with van der Waals surface area (Å²) in [6, 6.07) is -0.0995. The van der Waals surface area contributed by atoms with E-state index in [1.807, 2.05) is 13.8 Å². The Hall–Kier alpha value is -2.12. The standard InChI is InChI=1S/C36H59NO10/c1-9-40-16-17-41-18-19-42-20-21-43-34-32(47-35(7,8)23-36(34)24-44-36)14-11-25(2)10-13-31-26(3)22-30(28(5)46-31)37-33(39)15-12-27(4)45-29(6)38/h10-12,14-15,26-28,30-32,34H,9,13,16-24H2,1-8H3,(H,37,39)/b14-11+,15-12-,25-10+/t26-,27-,28+,30+,31-,32+,34+,36+/m0/s1. The van der Waals surface area contributed by atoms with Crippen molar-refractivity contribution in [1.82, 2.24) is 5.32 Å². The maximum atomic E-state index is 12.5. The molecule has 11 nitrogen and oxygen atoms in total. The number of rotatable bonds is 19. The first kappa shape index (κ1) is 39.3. The highest BCUT2D eigenvalue weighted by molar-refractivity contribution is 5.87. The number of esters is 1. The first-order valence-electron chi connectivity index (χ1n) is 17.2. The van der Waals surface area contributed by atoms with Crippen LogP contribution in [0.3, 0.4) is 0 Å². The van der Waals surface area contributed by atoms with Crippen LogP contribution in [0.1, 0.15) is 74.7 Å². The van der Waals surface area contributed by atoms with Crippen LogP contribution in [0.2, 0.25) is 0 Å². The van der Waals surface area contributed by atoms with Gasteiger partial charge >= 0.3 is 5.97 Å². The summed E-state index contributed by atoms with van der Waals surface area (Å²) in [4.78, 5) is 23.5. The van der Waals surface area contributed by atoms with E-state index in [0.717, 1.165) is 24.8 Å². The Morgan fingerprint density at radius 1 is 1.00 bits per heavy atom. The molecule has 268 valence electrons. The minimum absolute atomic E-state index is 0.0418. The fourth-order valence-corrected chi connectivity index (χ4v) is 6.24. The normalized spacial score (nSPS) is 31.4. The van der Waals surface area contributed by atoms with Crippen LogP contribution in [0, 0.1) is 5.92 Å². The van der Waals surface area contributed by atoms with Gasteiger partial charge in [0.2, 0.25) is 5.91 Å². The summed E-state index contributed by atoms with van der Waals surface area (Å²) >= 11 is 0. The maximum Gasteiger partial charge on any atom is 0.303 e. The summed E-state index contributed by atoms with van der Waals surface area (Å²) in [5, 5.41) is 3.04. The number of ether oxygens (including phenoxy) is 8. The molecular weight excluding hydrogens is 606 g/mol. The van der Waals surface area contributed by atoms with Gasteiger partial charge in [-0.05, 0) is 66.4 Å². The number of allylic oxidation sites excluding steroid dienone is 2. The molecule has 0 saturated carbocycles. The van der Waals surface area contributed by atoms with Crippen LogP contribution in [0.4, 0.5) is 0 Å². The van der Waals surface area contributed by atoms with Gasteiger partial charge in [0, 0.05) is 26.0 Å². The van der Waals surface area contributed by atoms with Crippen molar-refractivity contribution in [3.05, 3.63) is 36.0 Å². The Morgan fingerprint density at radius 2 is 1.66 bits per heavy atom. The van der Waals surface area contributed by atoms with Crippen molar-refractivity contribution in [2.75, 3.05) is 52.9 Å². The second-order valence-corrected chi connectivity index (χ2v) is 13.5. The van der Waals surface area contributed by atoms with Gasteiger partial charge in [-0.3, -0.25) is 9.59 Å². The lowest BCUT2D eigenvalue weighted by Gasteiger charge is -2.43. The zero-order chi connectivity index (χ0) is 34.5. The maximum absolute atomic E-state index is 12.5. The highest BCUT2D eigenvalue weighted by Gasteiger charge is 2.61. The van der Waals surface area contributed by atoms with Crippen molar-refractivity contribution in [2.24, 2.45) is 5.92 Å². The lowest BCUT2D eigenvalue weighted by Crippen LogP contribution is -2.55. The molecule has 11 heteroatoms. The molecule has 3 heterocycles. The van der Waals surface area contributed by atoms with Crippen molar-refractivity contribution in [1.29, 1.82) is 0 Å². The van der Waals surface area contributed by atoms with E-state index in [1.54, 1.807) is 13.0 Å². The van der Waals surface area contributed by atoms with E-state index < -0.39 is 6.10 Å². The van der Waals surface area contributed by atoms with Gasteiger partial charge in [-0.2, -0.15) is 0 Å². The molecule has 0 aromatic carbocycles. The SMILES string of the molecule is CCOCCOCCOCCO[C@@H]1[C@@H](/C=C/C(C)=C/C[C@@H]2O[C@H](C)[C@H](NC(=O)/C=C\[C@H](C)OC(C)=O)C[C@@H]2C)OC(C)(C)C[C@@]12CO2. The van der Waals surface area contributed by atoms with E-state index in [2.05, 4.69) is 51.2 Å². The van der Waals surface area contributed by atoms with E-state index in [0.29, 0.717) is 52.9 Å². The summed E-state index contributed by atoms with van der Waals surface area (Å²) in [5.41, 5.74) is 0.447. The number of hydrogen-bond acceptors (Lipinski definition) is 10. The zero-order valence-corrected chi connectivity index (χ0v) is 29.8. The second-order valence-electron chi connectivity index (χ2n) is 13.5. The van der Waals surface area contributed by atoms with Gasteiger partial charge in [0.05, 0.1) is 70.1 Å². The van der Waals surface area contributed by atoms with E-state index >= 15 is 0 Å². The number of nitrogens with one attached hydrogen (secondary N) is 1. The zero-order valence-electron chi connectivity index (χ0n) is 29.8. The van der Waals surface area contributed by atoms with E-state index in [1.165, 1.54) is 13.0 Å². The molecule has 0 radical (unpaired) electrons. The molecule has 8 atom stereocenters. The largest absolute Gasteiger partial charge is 0.459 e. The number of epoxide rings is 1. The average molecular weight is 666 g/mol. The van der Waals surface area contributed by atoms with Gasteiger partial charge in [0.15, 0.2) is 0 Å². The number of hydrogen-bond donors (Lipinski definition) is 1. The molecule has 3 fully saturated rings. The Morgan fingerprint density at radius 3 is 2.30 bits per heavy atom. The summed E-state index contributed by atoms with van der Waals surface area (Å²) in [6.45, 7) is 19.9. The van der Waals surface area contributed by atoms with Gasteiger partial charge in [-0.1, -0.05) is 30.7 Å². The third-order valence-electron chi connectivity index (χ3n) is 8.62. The van der Waals surface area contributed by atoms with E-state index in [-0.39, 0.29) is 59.5 Å². The number of carbonyl (C=O) groups is 2. The van der Waals surface area contributed by atoms with Gasteiger partial charge in [0.1, 0.15) is 23.9 Å². The predicted molar refractivity (Wildman–Crippen MR) is 178 cm³/mol. The lowest BCUT2D eigenvalue weighted by atomic mass is 9.83. The minimum Gasteiger partial charge on any atom is -0.459 e. The number of carbonyl (C=O) groups excluding carboxylic acids is 2. The van der Waals surface area contributed by atoms with Crippen LogP contribution in [-0.2, 0) is 47.5 Å². The molecule has 3 rings (SSSR count). The van der Waals surface area contributed by atoms with Gasteiger partial charge in [-0.25, -0.2) is 0 Å². The number of amides is 1. The molecule has 3 aliphatic heterocycles. The highest BCUT2D eigenvalue weighted by Crippen LogP contribution is 2.47. The van der Waals surface area contributed by atoms with Gasteiger partial charge < -0.3 is 43.2 Å². The Kier molecular flexibility index (Phi) is 16.0. The summed E-state index contributed by atoms with van der Waals surface area (Å²) in [5.74, 6) is -0.355. The van der Waals surface area contributed by atoms with Crippen molar-refractivity contribution in [3.63, 3.8) is 0 Å². The fraction of sp³-hybridized carbons (Fsp3) is 0.778. The summed E-state index contributed by atoms with van der Waals surface area (Å²) < 4.78 is 46.7. The molecule has 3 saturated heterocycles. The topological polar surface area (TPSA) is 123 Å². The lowest BCUT2D eigenvalue weighted by molar-refractivity contribution is -0.191. The second kappa shape index (κ2) is 19.2. The van der Waals surface area contributed by atoms with Crippen LogP contribution >= 0.6 is 0 Å². The first-order chi connectivity index (χ1) is 22.3. The van der Waals surface area contributed by atoms with Crippen LogP contribution in [-0.4, -0.2) is 112 Å². The molecule has 0 aromatic rings. The van der Waals surface area contributed by atoms with Crippen LogP contribution in [0.15, 0.2) is 36.0 Å². The van der Waals surface area contributed by atoms with Crippen LogP contribution < -0.4 is 5.32 Å². The quantitative estimate of drug-likeness (QED) is 0.0695. The van der Waals surface area contributed by atoms with E-state index in [4.69, 9.17) is 37.9 Å². The molecule has 1 spiro atoms. The van der Waals surface area contributed by atoms with Gasteiger partial charge in [0.25, 0.3) is 0 Å². The Labute approximate surface area is 281 Å². The molecule has 1 N–H and O–H groups in total. The fourth-order valence-electron chi connectivity index (χ4n) is 6.24. The molecule has 0 aliphatic carbocycles. The molecule has 47 heavy (non-hydrogen) atoms. The summed E-state index contributed by atoms with van der Waals surface area (Å²) in [6.07, 6.45) is 10.7. The third kappa shape index (κ3) is 13.7.